The SMILES string of the molecule is CC(C)(C)CCN1C(=O)C(CC(=O)O)SC1c1cccc(F)c1NCCN1CCCCC1. The molecule has 0 radical (unpaired) electrons. The van der Waals surface area contributed by atoms with Crippen LogP contribution in [-0.4, -0.2) is 64.8 Å². The number of carboxylic acids is 1. The molecule has 2 aliphatic rings. The zero-order valence-corrected chi connectivity index (χ0v) is 20.2. The molecule has 1 amide bonds. The van der Waals surface area contributed by atoms with Crippen molar-refractivity contribution < 1.29 is 19.1 Å². The first kappa shape index (κ1) is 24.8. The lowest BCUT2D eigenvalue weighted by atomic mass is 9.92. The minimum atomic E-state index is -0.994. The Balaban J connectivity index is 1.79. The summed E-state index contributed by atoms with van der Waals surface area (Å²) in [6, 6.07) is 4.95. The van der Waals surface area contributed by atoms with Gasteiger partial charge in [0, 0.05) is 25.2 Å². The maximum atomic E-state index is 14.9. The highest BCUT2D eigenvalue weighted by atomic mass is 32.2. The molecular formula is C24H36FN3O3S. The van der Waals surface area contributed by atoms with Crippen molar-refractivity contribution in [3.8, 4) is 0 Å². The van der Waals surface area contributed by atoms with Crippen LogP contribution >= 0.6 is 11.8 Å². The van der Waals surface area contributed by atoms with E-state index in [1.807, 2.05) is 6.07 Å². The third kappa shape index (κ3) is 6.61. The topological polar surface area (TPSA) is 72.9 Å². The molecule has 0 saturated carbocycles. The van der Waals surface area contributed by atoms with Crippen LogP contribution in [0, 0.1) is 11.2 Å². The van der Waals surface area contributed by atoms with Crippen molar-refractivity contribution in [2.24, 2.45) is 5.41 Å². The van der Waals surface area contributed by atoms with Gasteiger partial charge in [-0.25, -0.2) is 4.39 Å². The van der Waals surface area contributed by atoms with Gasteiger partial charge in [-0.1, -0.05) is 39.3 Å². The molecule has 32 heavy (non-hydrogen) atoms. The van der Waals surface area contributed by atoms with E-state index >= 15 is 0 Å². The Labute approximate surface area is 194 Å². The molecule has 0 bridgehead atoms. The Morgan fingerprint density at radius 1 is 1.22 bits per heavy atom. The largest absolute Gasteiger partial charge is 0.481 e. The van der Waals surface area contributed by atoms with Crippen LogP contribution in [0.3, 0.4) is 0 Å². The molecule has 2 aliphatic heterocycles. The van der Waals surface area contributed by atoms with Crippen LogP contribution < -0.4 is 5.32 Å². The van der Waals surface area contributed by atoms with E-state index in [4.69, 9.17) is 0 Å². The number of nitrogens with one attached hydrogen (secondary N) is 1. The van der Waals surface area contributed by atoms with E-state index < -0.39 is 16.6 Å². The molecule has 0 aromatic heterocycles. The summed E-state index contributed by atoms with van der Waals surface area (Å²) in [6.45, 7) is 10.5. The fourth-order valence-corrected chi connectivity index (χ4v) is 5.76. The first-order valence-electron chi connectivity index (χ1n) is 11.6. The molecule has 3 rings (SSSR count). The summed E-state index contributed by atoms with van der Waals surface area (Å²) >= 11 is 1.32. The van der Waals surface area contributed by atoms with E-state index in [0.717, 1.165) is 26.1 Å². The van der Waals surface area contributed by atoms with Gasteiger partial charge in [-0.05, 0) is 43.8 Å². The van der Waals surface area contributed by atoms with E-state index in [2.05, 4.69) is 31.0 Å². The minimum absolute atomic E-state index is 0.0256. The van der Waals surface area contributed by atoms with Crippen LogP contribution in [0.1, 0.15) is 63.8 Å². The molecule has 2 heterocycles. The zero-order valence-electron chi connectivity index (χ0n) is 19.4. The minimum Gasteiger partial charge on any atom is -0.481 e. The van der Waals surface area contributed by atoms with Gasteiger partial charge in [0.1, 0.15) is 11.2 Å². The molecule has 0 spiro atoms. The number of nitrogens with zero attached hydrogens (tertiary/aromatic N) is 2. The molecule has 2 fully saturated rings. The van der Waals surface area contributed by atoms with E-state index in [1.165, 1.54) is 37.1 Å². The van der Waals surface area contributed by atoms with Crippen LogP contribution in [0.5, 0.6) is 0 Å². The average Bonchev–Trinajstić information content (AvgIpc) is 3.02. The Morgan fingerprint density at radius 3 is 2.59 bits per heavy atom. The highest BCUT2D eigenvalue weighted by Gasteiger charge is 2.43. The van der Waals surface area contributed by atoms with Gasteiger partial charge in [-0.15, -0.1) is 11.8 Å². The number of aliphatic carboxylic acids is 1. The van der Waals surface area contributed by atoms with Gasteiger partial charge in [0.2, 0.25) is 5.91 Å². The summed E-state index contributed by atoms with van der Waals surface area (Å²) in [4.78, 5) is 28.5. The van der Waals surface area contributed by atoms with E-state index in [9.17, 15) is 19.1 Å². The van der Waals surface area contributed by atoms with Gasteiger partial charge < -0.3 is 20.2 Å². The average molecular weight is 466 g/mol. The summed E-state index contributed by atoms with van der Waals surface area (Å²) in [5.41, 5.74) is 1.16. The summed E-state index contributed by atoms with van der Waals surface area (Å²) < 4.78 is 14.9. The molecule has 2 atom stereocenters. The zero-order chi connectivity index (χ0) is 23.3. The van der Waals surface area contributed by atoms with Crippen molar-refractivity contribution in [3.05, 3.63) is 29.6 Å². The van der Waals surface area contributed by atoms with Gasteiger partial charge in [0.15, 0.2) is 0 Å². The predicted octanol–water partition coefficient (Wildman–Crippen LogP) is 4.58. The number of carbonyl (C=O) groups is 2. The van der Waals surface area contributed by atoms with Crippen LogP contribution in [-0.2, 0) is 9.59 Å². The number of piperidine rings is 1. The van der Waals surface area contributed by atoms with Gasteiger partial charge >= 0.3 is 5.97 Å². The number of rotatable bonds is 9. The van der Waals surface area contributed by atoms with Gasteiger partial charge in [0.25, 0.3) is 0 Å². The molecule has 1 aromatic carbocycles. The van der Waals surface area contributed by atoms with Gasteiger partial charge in [0.05, 0.1) is 17.4 Å². The van der Waals surface area contributed by atoms with Crippen molar-refractivity contribution in [2.45, 2.75) is 63.5 Å². The number of hydrogen-bond donors (Lipinski definition) is 2. The molecule has 2 unspecified atom stereocenters. The fourth-order valence-electron chi connectivity index (χ4n) is 4.26. The summed E-state index contributed by atoms with van der Waals surface area (Å²) in [7, 11) is 0. The molecule has 6 nitrogen and oxygen atoms in total. The molecular weight excluding hydrogens is 429 g/mol. The lowest BCUT2D eigenvalue weighted by Crippen LogP contribution is -2.35. The molecule has 178 valence electrons. The van der Waals surface area contributed by atoms with Crippen LogP contribution in [0.15, 0.2) is 18.2 Å². The molecule has 8 heteroatoms. The van der Waals surface area contributed by atoms with Crippen molar-refractivity contribution in [1.29, 1.82) is 0 Å². The third-order valence-corrected chi connectivity index (χ3v) is 7.55. The van der Waals surface area contributed by atoms with Crippen LogP contribution in [0.2, 0.25) is 0 Å². The van der Waals surface area contributed by atoms with Crippen LogP contribution in [0.25, 0.3) is 0 Å². The van der Waals surface area contributed by atoms with Crippen molar-refractivity contribution >= 4 is 29.3 Å². The van der Waals surface area contributed by atoms with Gasteiger partial charge in [-0.2, -0.15) is 0 Å². The number of para-hydroxylation sites is 1. The number of hydrogen-bond acceptors (Lipinski definition) is 5. The fraction of sp³-hybridized carbons (Fsp3) is 0.667. The first-order valence-corrected chi connectivity index (χ1v) is 12.5. The van der Waals surface area contributed by atoms with Crippen molar-refractivity contribution in [3.63, 3.8) is 0 Å². The van der Waals surface area contributed by atoms with Crippen molar-refractivity contribution in [1.82, 2.24) is 9.80 Å². The number of halogens is 1. The highest BCUT2D eigenvalue weighted by Crippen LogP contribution is 2.47. The monoisotopic (exact) mass is 465 g/mol. The Bertz CT molecular complexity index is 808. The number of benzene rings is 1. The summed E-state index contributed by atoms with van der Waals surface area (Å²) in [5, 5.41) is 11.5. The molecule has 1 aromatic rings. The Morgan fingerprint density at radius 2 is 1.94 bits per heavy atom. The number of thioether (sulfide) groups is 1. The number of amides is 1. The number of anilines is 1. The lowest BCUT2D eigenvalue weighted by Gasteiger charge is -2.30. The van der Waals surface area contributed by atoms with Gasteiger partial charge in [-0.3, -0.25) is 9.59 Å². The second-order valence-corrected chi connectivity index (χ2v) is 11.2. The Kier molecular flexibility index (Phi) is 8.44. The third-order valence-electron chi connectivity index (χ3n) is 6.09. The van der Waals surface area contributed by atoms with E-state index in [0.29, 0.717) is 24.3 Å². The van der Waals surface area contributed by atoms with Crippen LogP contribution in [0.4, 0.5) is 10.1 Å². The number of carbonyl (C=O) groups excluding carboxylic acids is 1. The highest BCUT2D eigenvalue weighted by molar-refractivity contribution is 8.01. The predicted molar refractivity (Wildman–Crippen MR) is 127 cm³/mol. The smallest absolute Gasteiger partial charge is 0.305 e. The number of carboxylic acid groups (broad SMARTS) is 1. The Hall–Kier alpha value is -1.80. The second kappa shape index (κ2) is 10.9. The summed E-state index contributed by atoms with van der Waals surface area (Å²) in [5.74, 6) is -1.51. The van der Waals surface area contributed by atoms with E-state index in [-0.39, 0.29) is 23.6 Å². The summed E-state index contributed by atoms with van der Waals surface area (Å²) in [6.07, 6.45) is 4.25. The van der Waals surface area contributed by atoms with E-state index in [1.54, 1.807) is 11.0 Å². The van der Waals surface area contributed by atoms with Crippen molar-refractivity contribution in [2.75, 3.05) is 38.0 Å². The molecule has 2 N–H and O–H groups in total. The first-order chi connectivity index (χ1) is 15.2. The molecule has 2 saturated heterocycles. The molecule has 0 aliphatic carbocycles. The standard InChI is InChI=1S/C24H36FN3O3S/c1-24(2,3)10-14-28-22(31)19(16-20(29)30)32-23(28)17-8-7-9-18(25)21(17)26-11-15-27-12-5-4-6-13-27/h7-9,19,23,26H,4-6,10-16H2,1-3H3,(H,29,30). The maximum absolute atomic E-state index is 14.9. The normalized spacial score (nSPS) is 22.4. The number of likely N-dealkylation sites (tertiary alicyclic amines) is 1. The second-order valence-electron chi connectivity index (χ2n) is 9.95. The maximum Gasteiger partial charge on any atom is 0.305 e. The lowest BCUT2D eigenvalue weighted by molar-refractivity contribution is -0.140. The quantitative estimate of drug-likeness (QED) is 0.556.